The smallest absolute Gasteiger partial charge is 0.246 e. The standard InChI is InChI=1S/C18H22N4O3/c1-3-25-21-12(2)15-10-22(11-15)17(24)7-4-13-8-14-5-6-16(23)20-18(14)19-9-13/h4,7-9,15H,3,5-6,10-11H2,1-2H3,(H,19,20,23)/b7-4+,21-12+. The Morgan fingerprint density at radius 2 is 2.28 bits per heavy atom. The van der Waals surface area contributed by atoms with Gasteiger partial charge in [-0.3, -0.25) is 9.59 Å². The highest BCUT2D eigenvalue weighted by molar-refractivity contribution is 5.95. The third-order valence-electron chi connectivity index (χ3n) is 4.41. The lowest BCUT2D eigenvalue weighted by atomic mass is 9.95. The van der Waals surface area contributed by atoms with Gasteiger partial charge in [0.05, 0.1) is 5.71 Å². The van der Waals surface area contributed by atoms with E-state index in [1.807, 2.05) is 19.9 Å². The molecule has 0 aromatic carbocycles. The highest BCUT2D eigenvalue weighted by Gasteiger charge is 2.31. The predicted octanol–water partition coefficient (Wildman–Crippen LogP) is 1.85. The molecular weight excluding hydrogens is 320 g/mol. The first-order chi connectivity index (χ1) is 12.1. The number of likely N-dealkylation sites (tertiary alicyclic amines) is 1. The minimum atomic E-state index is -0.0218. The maximum absolute atomic E-state index is 12.2. The van der Waals surface area contributed by atoms with Gasteiger partial charge in [-0.2, -0.15) is 0 Å². The molecule has 3 heterocycles. The Hall–Kier alpha value is -2.70. The molecule has 0 aliphatic carbocycles. The molecule has 3 rings (SSSR count). The van der Waals surface area contributed by atoms with Gasteiger partial charge in [0, 0.05) is 37.7 Å². The zero-order valence-electron chi connectivity index (χ0n) is 14.5. The Balaban J connectivity index is 1.55. The molecule has 0 atom stereocenters. The van der Waals surface area contributed by atoms with Crippen LogP contribution in [0.25, 0.3) is 6.08 Å². The molecule has 0 radical (unpaired) electrons. The molecule has 0 bridgehead atoms. The van der Waals surface area contributed by atoms with Crippen LogP contribution in [0.2, 0.25) is 0 Å². The normalized spacial score (nSPS) is 17.9. The molecule has 0 spiro atoms. The summed E-state index contributed by atoms with van der Waals surface area (Å²) >= 11 is 0. The molecule has 132 valence electrons. The van der Waals surface area contributed by atoms with E-state index in [9.17, 15) is 9.59 Å². The third kappa shape index (κ3) is 4.04. The van der Waals surface area contributed by atoms with E-state index >= 15 is 0 Å². The summed E-state index contributed by atoms with van der Waals surface area (Å²) in [5.41, 5.74) is 2.78. The van der Waals surface area contributed by atoms with Crippen LogP contribution < -0.4 is 5.32 Å². The largest absolute Gasteiger partial charge is 0.396 e. The summed E-state index contributed by atoms with van der Waals surface area (Å²) in [7, 11) is 0. The topological polar surface area (TPSA) is 83.9 Å². The van der Waals surface area contributed by atoms with E-state index in [4.69, 9.17) is 4.84 Å². The van der Waals surface area contributed by atoms with Crippen LogP contribution in [0.5, 0.6) is 0 Å². The molecular formula is C18H22N4O3. The van der Waals surface area contributed by atoms with Gasteiger partial charge in [0.15, 0.2) is 0 Å². The third-order valence-corrected chi connectivity index (χ3v) is 4.41. The lowest BCUT2D eigenvalue weighted by molar-refractivity contribution is -0.130. The number of rotatable bonds is 5. The molecule has 25 heavy (non-hydrogen) atoms. The van der Waals surface area contributed by atoms with E-state index in [1.54, 1.807) is 23.2 Å². The van der Waals surface area contributed by atoms with Gasteiger partial charge >= 0.3 is 0 Å². The van der Waals surface area contributed by atoms with Crippen LogP contribution in [0, 0.1) is 5.92 Å². The first-order valence-electron chi connectivity index (χ1n) is 8.49. The molecule has 7 heteroatoms. The number of hydrogen-bond acceptors (Lipinski definition) is 5. The number of carbonyl (C=O) groups excluding carboxylic acids is 2. The highest BCUT2D eigenvalue weighted by atomic mass is 16.6. The van der Waals surface area contributed by atoms with E-state index in [0.717, 1.165) is 16.8 Å². The Labute approximate surface area is 146 Å². The average Bonchev–Trinajstić information content (AvgIpc) is 2.56. The number of fused-ring (bicyclic) bond motifs is 1. The average molecular weight is 342 g/mol. The van der Waals surface area contributed by atoms with Crippen LogP contribution in [-0.4, -0.2) is 47.1 Å². The van der Waals surface area contributed by atoms with Gasteiger partial charge in [0.2, 0.25) is 11.8 Å². The summed E-state index contributed by atoms with van der Waals surface area (Å²) in [5.74, 6) is 0.868. The number of carbonyl (C=O) groups is 2. The number of amides is 2. The van der Waals surface area contributed by atoms with Crippen molar-refractivity contribution in [3.05, 3.63) is 29.5 Å². The van der Waals surface area contributed by atoms with Crippen molar-refractivity contribution in [1.29, 1.82) is 0 Å². The van der Waals surface area contributed by atoms with Crippen LogP contribution in [0.15, 0.2) is 23.5 Å². The molecule has 1 saturated heterocycles. The molecule has 1 aromatic heterocycles. The highest BCUT2D eigenvalue weighted by Crippen LogP contribution is 2.22. The molecule has 7 nitrogen and oxygen atoms in total. The number of anilines is 1. The zero-order valence-corrected chi connectivity index (χ0v) is 14.5. The van der Waals surface area contributed by atoms with Gasteiger partial charge in [0.1, 0.15) is 12.4 Å². The van der Waals surface area contributed by atoms with Gasteiger partial charge < -0.3 is 15.1 Å². The van der Waals surface area contributed by atoms with Crippen molar-refractivity contribution in [2.24, 2.45) is 11.1 Å². The number of aromatic nitrogens is 1. The fraction of sp³-hybridized carbons (Fsp3) is 0.444. The lowest BCUT2D eigenvalue weighted by Gasteiger charge is -2.38. The van der Waals surface area contributed by atoms with Crippen molar-refractivity contribution in [3.63, 3.8) is 0 Å². The van der Waals surface area contributed by atoms with Crippen LogP contribution in [-0.2, 0) is 20.8 Å². The quantitative estimate of drug-likeness (QED) is 0.503. The van der Waals surface area contributed by atoms with E-state index < -0.39 is 0 Å². The van der Waals surface area contributed by atoms with Crippen LogP contribution in [0.3, 0.4) is 0 Å². The van der Waals surface area contributed by atoms with Crippen LogP contribution in [0.1, 0.15) is 31.4 Å². The van der Waals surface area contributed by atoms with Gasteiger partial charge in [-0.25, -0.2) is 4.98 Å². The minimum absolute atomic E-state index is 0.00558. The summed E-state index contributed by atoms with van der Waals surface area (Å²) in [6.45, 7) is 5.70. The summed E-state index contributed by atoms with van der Waals surface area (Å²) in [6.07, 6.45) is 6.14. The summed E-state index contributed by atoms with van der Waals surface area (Å²) < 4.78 is 0. The molecule has 1 fully saturated rings. The first-order valence-corrected chi connectivity index (χ1v) is 8.49. The van der Waals surface area contributed by atoms with E-state index in [1.165, 1.54) is 0 Å². The van der Waals surface area contributed by atoms with Gasteiger partial charge in [-0.05, 0) is 43.5 Å². The second-order valence-corrected chi connectivity index (χ2v) is 6.25. The molecule has 1 aromatic rings. The van der Waals surface area contributed by atoms with Crippen molar-refractivity contribution >= 4 is 29.4 Å². The second-order valence-electron chi connectivity index (χ2n) is 6.25. The number of nitrogens with one attached hydrogen (secondary N) is 1. The van der Waals surface area contributed by atoms with E-state index in [-0.39, 0.29) is 17.7 Å². The van der Waals surface area contributed by atoms with Crippen LogP contribution in [0.4, 0.5) is 5.82 Å². The summed E-state index contributed by atoms with van der Waals surface area (Å²) in [4.78, 5) is 34.6. The number of aryl methyl sites for hydroxylation is 1. The lowest BCUT2D eigenvalue weighted by Crippen LogP contribution is -2.52. The van der Waals surface area contributed by atoms with Gasteiger partial charge in [-0.1, -0.05) is 5.16 Å². The van der Waals surface area contributed by atoms with Crippen molar-refractivity contribution in [2.45, 2.75) is 26.7 Å². The Morgan fingerprint density at radius 1 is 1.48 bits per heavy atom. The number of pyridine rings is 1. The van der Waals surface area contributed by atoms with Crippen molar-refractivity contribution in [3.8, 4) is 0 Å². The zero-order chi connectivity index (χ0) is 17.8. The predicted molar refractivity (Wildman–Crippen MR) is 95.0 cm³/mol. The van der Waals surface area contributed by atoms with Crippen molar-refractivity contribution in [1.82, 2.24) is 9.88 Å². The van der Waals surface area contributed by atoms with E-state index in [0.29, 0.717) is 38.4 Å². The fourth-order valence-corrected chi connectivity index (χ4v) is 2.80. The number of hydrogen-bond donors (Lipinski definition) is 1. The SMILES string of the molecule is CCO/N=C(\C)C1CN(C(=O)/C=C/c2cnc3c(c2)CCC(=O)N3)C1. The number of nitrogens with zero attached hydrogens (tertiary/aromatic N) is 3. The van der Waals surface area contributed by atoms with Crippen molar-refractivity contribution < 1.29 is 14.4 Å². The summed E-state index contributed by atoms with van der Waals surface area (Å²) in [5, 5.41) is 6.77. The monoisotopic (exact) mass is 342 g/mol. The molecule has 0 saturated carbocycles. The first kappa shape index (κ1) is 17.1. The van der Waals surface area contributed by atoms with Gasteiger partial charge in [-0.15, -0.1) is 0 Å². The van der Waals surface area contributed by atoms with Gasteiger partial charge in [0.25, 0.3) is 0 Å². The Kier molecular flexibility index (Phi) is 5.11. The molecule has 2 amide bonds. The fourth-order valence-electron chi connectivity index (χ4n) is 2.80. The molecule has 1 N–H and O–H groups in total. The van der Waals surface area contributed by atoms with E-state index in [2.05, 4.69) is 15.5 Å². The molecule has 2 aliphatic rings. The van der Waals surface area contributed by atoms with Crippen LogP contribution >= 0.6 is 0 Å². The summed E-state index contributed by atoms with van der Waals surface area (Å²) in [6, 6.07) is 1.96. The van der Waals surface area contributed by atoms with Crippen molar-refractivity contribution in [2.75, 3.05) is 25.0 Å². The maximum Gasteiger partial charge on any atom is 0.246 e. The Morgan fingerprint density at radius 3 is 3.04 bits per heavy atom. The second kappa shape index (κ2) is 7.46. The number of oxime groups is 1. The molecule has 0 unspecified atom stereocenters. The molecule has 2 aliphatic heterocycles. The maximum atomic E-state index is 12.2. The minimum Gasteiger partial charge on any atom is -0.396 e. The Bertz CT molecular complexity index is 736.